The molecular weight excluding hydrogens is 703 g/mol. The van der Waals surface area contributed by atoms with Gasteiger partial charge in [-0.1, -0.05) is 29.8 Å². The minimum absolute atomic E-state index is 0.0412. The van der Waals surface area contributed by atoms with Gasteiger partial charge in [0.05, 0.1) is 19.9 Å². The molecule has 0 spiro atoms. The third-order valence-electron chi connectivity index (χ3n) is 8.53. The molecule has 6 rings (SSSR count). The smallest absolute Gasteiger partial charge is 0.497 e. The highest BCUT2D eigenvalue weighted by Gasteiger charge is 2.59. The van der Waals surface area contributed by atoms with Crippen molar-refractivity contribution in [1.29, 1.82) is 0 Å². The third-order valence-corrected chi connectivity index (χ3v) is 10.5. The zero-order chi connectivity index (χ0) is 35.8. The number of para-hydroxylation sites is 1. The standard InChI is InChI=1S/C33H29ClF3N5O7S/c1-47-22-9-11-28(27(19-22)49-33(35,36)37)50(45,46)42-25-10-8-21(34)18-24(25)32(30(42)44,23-6-3-4-7-26(23)48-2)20-29(43)40-14-16-41(17-15-40)31-38-12-5-13-39-31/h3-13,18-19H,14-17,20H2,1-2H3. The maximum Gasteiger partial charge on any atom is 0.573 e. The van der Waals surface area contributed by atoms with Crippen LogP contribution in [0.25, 0.3) is 0 Å². The summed E-state index contributed by atoms with van der Waals surface area (Å²) >= 11 is 6.45. The average Bonchev–Trinajstić information content (AvgIpc) is 3.35. The minimum Gasteiger partial charge on any atom is -0.497 e. The quantitative estimate of drug-likeness (QED) is 0.237. The van der Waals surface area contributed by atoms with Gasteiger partial charge in [-0.15, -0.1) is 13.2 Å². The van der Waals surface area contributed by atoms with Crippen LogP contribution in [0.1, 0.15) is 17.5 Å². The molecule has 262 valence electrons. The largest absolute Gasteiger partial charge is 0.573 e. The Morgan fingerprint density at radius 3 is 2.26 bits per heavy atom. The van der Waals surface area contributed by atoms with Crippen molar-refractivity contribution in [3.8, 4) is 17.2 Å². The molecular formula is C33H29ClF3N5O7S. The Bertz CT molecular complexity index is 2050. The van der Waals surface area contributed by atoms with Gasteiger partial charge in [0.1, 0.15) is 21.8 Å². The zero-order valence-corrected chi connectivity index (χ0v) is 28.1. The Kier molecular flexibility index (Phi) is 9.26. The maximum atomic E-state index is 15.0. The minimum atomic E-state index is -5.29. The van der Waals surface area contributed by atoms with Crippen LogP contribution in [0, 0.1) is 0 Å². The van der Waals surface area contributed by atoms with E-state index in [4.69, 9.17) is 21.1 Å². The summed E-state index contributed by atoms with van der Waals surface area (Å²) in [6, 6.07) is 14.7. The molecule has 4 aromatic rings. The number of benzene rings is 3. The van der Waals surface area contributed by atoms with Crippen LogP contribution < -0.4 is 23.4 Å². The highest BCUT2D eigenvalue weighted by molar-refractivity contribution is 7.93. The van der Waals surface area contributed by atoms with E-state index in [0.29, 0.717) is 23.3 Å². The molecule has 3 aromatic carbocycles. The predicted octanol–water partition coefficient (Wildman–Crippen LogP) is 4.81. The number of rotatable bonds is 9. The number of carbonyl (C=O) groups excluding carboxylic acids is 2. The number of alkyl halides is 3. The van der Waals surface area contributed by atoms with Gasteiger partial charge in [-0.05, 0) is 48.0 Å². The lowest BCUT2D eigenvalue weighted by Crippen LogP contribution is -2.52. The zero-order valence-electron chi connectivity index (χ0n) is 26.6. The summed E-state index contributed by atoms with van der Waals surface area (Å²) in [5, 5.41) is 0.115. The fourth-order valence-electron chi connectivity index (χ4n) is 6.27. The molecule has 50 heavy (non-hydrogen) atoms. The second-order valence-electron chi connectivity index (χ2n) is 11.3. The van der Waals surface area contributed by atoms with E-state index in [2.05, 4.69) is 14.7 Å². The van der Waals surface area contributed by atoms with Crippen LogP contribution in [-0.2, 0) is 25.0 Å². The molecule has 3 heterocycles. The lowest BCUT2D eigenvalue weighted by molar-refractivity contribution is -0.275. The highest BCUT2D eigenvalue weighted by Crippen LogP contribution is 2.54. The summed E-state index contributed by atoms with van der Waals surface area (Å²) < 4.78 is 84.7. The summed E-state index contributed by atoms with van der Waals surface area (Å²) in [4.78, 5) is 40.3. The first-order chi connectivity index (χ1) is 23.8. The van der Waals surface area contributed by atoms with E-state index < -0.39 is 50.7 Å². The summed E-state index contributed by atoms with van der Waals surface area (Å²) in [5.41, 5.74) is -2.06. The van der Waals surface area contributed by atoms with Gasteiger partial charge in [0.2, 0.25) is 11.9 Å². The number of methoxy groups -OCH3 is 2. The first-order valence-electron chi connectivity index (χ1n) is 15.1. The number of ether oxygens (including phenoxy) is 3. The molecule has 1 aromatic heterocycles. The molecule has 1 unspecified atom stereocenters. The van der Waals surface area contributed by atoms with Gasteiger partial charge in [-0.2, -0.15) is 0 Å². The van der Waals surface area contributed by atoms with Gasteiger partial charge >= 0.3 is 6.36 Å². The van der Waals surface area contributed by atoms with Gasteiger partial charge in [0.25, 0.3) is 15.9 Å². The van der Waals surface area contributed by atoms with E-state index >= 15 is 4.79 Å². The topological polar surface area (TPSA) is 131 Å². The molecule has 0 aliphatic carbocycles. The van der Waals surface area contributed by atoms with Crippen LogP contribution in [0.2, 0.25) is 5.02 Å². The van der Waals surface area contributed by atoms with Gasteiger partial charge in [0, 0.05) is 61.6 Å². The summed E-state index contributed by atoms with van der Waals surface area (Å²) in [5.74, 6) is -2.21. The van der Waals surface area contributed by atoms with Crippen LogP contribution in [-0.4, -0.2) is 81.9 Å². The lowest BCUT2D eigenvalue weighted by atomic mass is 9.72. The molecule has 17 heteroatoms. The van der Waals surface area contributed by atoms with E-state index in [0.717, 1.165) is 18.2 Å². The third kappa shape index (κ3) is 6.24. The van der Waals surface area contributed by atoms with E-state index in [1.54, 1.807) is 41.6 Å². The van der Waals surface area contributed by atoms with Crippen molar-refractivity contribution in [3.63, 3.8) is 0 Å². The molecule has 0 radical (unpaired) electrons. The Balaban J connectivity index is 1.47. The van der Waals surface area contributed by atoms with Crippen molar-refractivity contribution in [2.75, 3.05) is 49.6 Å². The second-order valence-corrected chi connectivity index (χ2v) is 13.5. The maximum absolute atomic E-state index is 15.0. The van der Waals surface area contributed by atoms with Gasteiger partial charge in [0.15, 0.2) is 5.75 Å². The average molecular weight is 732 g/mol. The number of hydrogen-bond acceptors (Lipinski definition) is 10. The molecule has 0 bridgehead atoms. The summed E-state index contributed by atoms with van der Waals surface area (Å²) in [6.07, 6.45) is -2.65. The molecule has 1 saturated heterocycles. The number of anilines is 2. The number of fused-ring (bicyclic) bond motifs is 1. The molecule has 1 atom stereocenters. The molecule has 0 N–H and O–H groups in total. The molecule has 1 fully saturated rings. The van der Waals surface area contributed by atoms with Gasteiger partial charge in [-0.25, -0.2) is 22.7 Å². The first-order valence-corrected chi connectivity index (χ1v) is 16.9. The van der Waals surface area contributed by atoms with Crippen molar-refractivity contribution in [2.24, 2.45) is 0 Å². The number of nitrogens with zero attached hydrogens (tertiary/aromatic N) is 5. The van der Waals surface area contributed by atoms with Gasteiger partial charge < -0.3 is 24.0 Å². The fraction of sp³-hybridized carbons (Fsp3) is 0.273. The Morgan fingerprint density at radius 1 is 0.900 bits per heavy atom. The van der Waals surface area contributed by atoms with Crippen LogP contribution in [0.4, 0.5) is 24.8 Å². The molecule has 2 aliphatic rings. The number of piperazine rings is 1. The Hall–Kier alpha value is -5.09. The number of halogens is 4. The number of hydrogen-bond donors (Lipinski definition) is 0. The number of aromatic nitrogens is 2. The summed E-state index contributed by atoms with van der Waals surface area (Å²) in [7, 11) is -2.63. The number of sulfonamides is 1. The summed E-state index contributed by atoms with van der Waals surface area (Å²) in [6.45, 7) is 1.24. The van der Waals surface area contributed by atoms with E-state index in [1.165, 1.54) is 38.5 Å². The van der Waals surface area contributed by atoms with Crippen molar-refractivity contribution < 1.29 is 45.4 Å². The van der Waals surface area contributed by atoms with Crippen LogP contribution in [0.3, 0.4) is 0 Å². The van der Waals surface area contributed by atoms with Crippen molar-refractivity contribution in [3.05, 3.63) is 95.3 Å². The SMILES string of the molecule is COc1ccc(S(=O)(=O)N2C(=O)C(CC(=O)N3CCN(c4ncccn4)CC3)(c3ccccc3OC)c3cc(Cl)ccc32)c(OC(F)(F)F)c1. The predicted molar refractivity (Wildman–Crippen MR) is 175 cm³/mol. The monoisotopic (exact) mass is 731 g/mol. The fourth-order valence-corrected chi connectivity index (χ4v) is 8.02. The molecule has 2 amide bonds. The van der Waals surface area contributed by atoms with Crippen molar-refractivity contribution in [2.45, 2.75) is 23.1 Å². The highest BCUT2D eigenvalue weighted by atomic mass is 35.5. The van der Waals surface area contributed by atoms with Crippen molar-refractivity contribution in [1.82, 2.24) is 14.9 Å². The number of carbonyl (C=O) groups is 2. The first kappa shape index (κ1) is 34.8. The lowest BCUT2D eigenvalue weighted by Gasteiger charge is -2.37. The van der Waals surface area contributed by atoms with E-state index in [9.17, 15) is 26.4 Å². The van der Waals surface area contributed by atoms with Crippen LogP contribution >= 0.6 is 11.6 Å². The van der Waals surface area contributed by atoms with E-state index in [1.807, 2.05) is 4.90 Å². The molecule has 0 saturated carbocycles. The van der Waals surface area contributed by atoms with Crippen LogP contribution in [0.15, 0.2) is 84.0 Å². The van der Waals surface area contributed by atoms with Gasteiger partial charge in [-0.3, -0.25) is 9.59 Å². The number of amides is 2. The molecule has 2 aliphatic heterocycles. The Labute approximate surface area is 290 Å². The Morgan fingerprint density at radius 2 is 1.60 bits per heavy atom. The molecule has 12 nitrogen and oxygen atoms in total. The van der Waals surface area contributed by atoms with Crippen molar-refractivity contribution >= 4 is 45.1 Å². The second kappa shape index (κ2) is 13.3. The van der Waals surface area contributed by atoms with E-state index in [-0.39, 0.29) is 46.4 Å². The normalized spacial score (nSPS) is 17.8. The van der Waals surface area contributed by atoms with Crippen LogP contribution in [0.5, 0.6) is 17.2 Å².